The molecule has 2 saturated carbocycles. The van der Waals surface area contributed by atoms with Crippen LogP contribution in [0, 0.1) is 35.5 Å². The Morgan fingerprint density at radius 2 is 1.60 bits per heavy atom. The lowest BCUT2D eigenvalue weighted by atomic mass is 9.81. The zero-order valence-corrected chi connectivity index (χ0v) is 19.4. The fourth-order valence-corrected chi connectivity index (χ4v) is 4.96. The summed E-state index contributed by atoms with van der Waals surface area (Å²) in [7, 11) is 0. The van der Waals surface area contributed by atoms with E-state index in [1.165, 1.54) is 82.6 Å². The van der Waals surface area contributed by atoms with Crippen molar-refractivity contribution in [2.45, 2.75) is 90.9 Å². The predicted molar refractivity (Wildman–Crippen MR) is 129 cm³/mol. The van der Waals surface area contributed by atoms with Gasteiger partial charge in [0.2, 0.25) is 0 Å². The molecule has 164 valence electrons. The average molecular weight is 407 g/mol. The van der Waals surface area contributed by atoms with E-state index in [1.54, 1.807) is 0 Å². The van der Waals surface area contributed by atoms with E-state index in [9.17, 15) is 0 Å². The molecule has 0 heterocycles. The van der Waals surface area contributed by atoms with Gasteiger partial charge in [-0.15, -0.1) is 0 Å². The fourth-order valence-electron chi connectivity index (χ4n) is 4.96. The SMILES string of the molecule is CCCCc1ccc(OC[C@H]2CC[C@H](C#C/C=C/[C@H]3CC[C@H](CC)CC3)CC2)cc1. The van der Waals surface area contributed by atoms with Crippen LogP contribution in [0.25, 0.3) is 0 Å². The summed E-state index contributed by atoms with van der Waals surface area (Å²) >= 11 is 0. The Kier molecular flexibility index (Phi) is 9.88. The molecule has 1 aromatic carbocycles. The van der Waals surface area contributed by atoms with Gasteiger partial charge in [-0.1, -0.05) is 56.7 Å². The largest absolute Gasteiger partial charge is 0.493 e. The highest BCUT2D eigenvalue weighted by Crippen LogP contribution is 2.31. The Bertz CT molecular complexity index is 673. The summed E-state index contributed by atoms with van der Waals surface area (Å²) in [6.07, 6.45) is 20.1. The summed E-state index contributed by atoms with van der Waals surface area (Å²) in [6.45, 7) is 5.43. The lowest BCUT2D eigenvalue weighted by Crippen LogP contribution is -2.19. The molecule has 0 spiro atoms. The van der Waals surface area contributed by atoms with Crippen LogP contribution >= 0.6 is 0 Å². The maximum atomic E-state index is 6.07. The van der Waals surface area contributed by atoms with Gasteiger partial charge in [-0.3, -0.25) is 0 Å². The van der Waals surface area contributed by atoms with E-state index >= 15 is 0 Å². The van der Waals surface area contributed by atoms with Crippen LogP contribution in [0.4, 0.5) is 0 Å². The highest BCUT2D eigenvalue weighted by Gasteiger charge is 2.20. The molecule has 3 rings (SSSR count). The molecule has 1 nitrogen and oxygen atoms in total. The number of unbranched alkanes of at least 4 members (excludes halogenated alkanes) is 1. The number of hydrogen-bond acceptors (Lipinski definition) is 1. The van der Waals surface area contributed by atoms with Crippen LogP contribution in [0.15, 0.2) is 36.4 Å². The molecule has 2 aliphatic rings. The van der Waals surface area contributed by atoms with Crippen LogP contribution in [-0.2, 0) is 6.42 Å². The number of hydrogen-bond donors (Lipinski definition) is 0. The second-order valence-corrected chi connectivity index (χ2v) is 9.61. The van der Waals surface area contributed by atoms with E-state index in [1.807, 2.05) is 0 Å². The van der Waals surface area contributed by atoms with Crippen LogP contribution in [0.5, 0.6) is 5.75 Å². The summed E-state index contributed by atoms with van der Waals surface area (Å²) in [6, 6.07) is 8.73. The molecule has 0 saturated heterocycles. The molecule has 0 bridgehead atoms. The van der Waals surface area contributed by atoms with Crippen molar-refractivity contribution in [3.8, 4) is 17.6 Å². The lowest BCUT2D eigenvalue weighted by molar-refractivity contribution is 0.196. The number of rotatable bonds is 8. The Balaban J connectivity index is 1.31. The Morgan fingerprint density at radius 3 is 2.27 bits per heavy atom. The number of allylic oxidation sites excluding steroid dienone is 2. The topological polar surface area (TPSA) is 9.23 Å². The van der Waals surface area contributed by atoms with Crippen molar-refractivity contribution < 1.29 is 4.74 Å². The van der Waals surface area contributed by atoms with Crippen molar-refractivity contribution >= 4 is 0 Å². The third-order valence-corrected chi connectivity index (χ3v) is 7.28. The molecule has 0 unspecified atom stereocenters. The van der Waals surface area contributed by atoms with Crippen LogP contribution < -0.4 is 4.74 Å². The van der Waals surface area contributed by atoms with E-state index in [0.717, 1.165) is 24.2 Å². The minimum absolute atomic E-state index is 0.583. The summed E-state index contributed by atoms with van der Waals surface area (Å²) in [4.78, 5) is 0. The van der Waals surface area contributed by atoms with Gasteiger partial charge in [-0.25, -0.2) is 0 Å². The maximum absolute atomic E-state index is 6.07. The average Bonchev–Trinajstić information content (AvgIpc) is 2.81. The smallest absolute Gasteiger partial charge is 0.119 e. The number of aryl methyl sites for hydroxylation is 1. The van der Waals surface area contributed by atoms with E-state index in [-0.39, 0.29) is 0 Å². The van der Waals surface area contributed by atoms with Crippen LogP contribution in [0.3, 0.4) is 0 Å². The van der Waals surface area contributed by atoms with Crippen LogP contribution in [0.2, 0.25) is 0 Å². The Hall–Kier alpha value is -1.68. The van der Waals surface area contributed by atoms with Crippen molar-refractivity contribution in [1.29, 1.82) is 0 Å². The molecule has 0 amide bonds. The maximum Gasteiger partial charge on any atom is 0.119 e. The Morgan fingerprint density at radius 1 is 0.900 bits per heavy atom. The van der Waals surface area contributed by atoms with Crippen molar-refractivity contribution in [2.75, 3.05) is 6.61 Å². The normalized spacial score (nSPS) is 26.9. The van der Waals surface area contributed by atoms with Crippen molar-refractivity contribution in [3.05, 3.63) is 42.0 Å². The van der Waals surface area contributed by atoms with Gasteiger partial charge in [-0.2, -0.15) is 0 Å². The first-order chi connectivity index (χ1) is 14.8. The first-order valence-electron chi connectivity index (χ1n) is 12.7. The molecule has 1 aromatic rings. The molecule has 30 heavy (non-hydrogen) atoms. The summed E-state index contributed by atoms with van der Waals surface area (Å²) in [5.41, 5.74) is 1.42. The first kappa shape index (κ1) is 23.0. The minimum atomic E-state index is 0.583. The monoisotopic (exact) mass is 406 g/mol. The summed E-state index contributed by atoms with van der Waals surface area (Å²) in [5.74, 6) is 10.9. The van der Waals surface area contributed by atoms with Gasteiger partial charge in [-0.05, 0) is 106 Å². The van der Waals surface area contributed by atoms with E-state index in [2.05, 4.69) is 62.1 Å². The summed E-state index contributed by atoms with van der Waals surface area (Å²) in [5, 5.41) is 0. The van der Waals surface area contributed by atoms with Gasteiger partial charge in [0.05, 0.1) is 6.61 Å². The molecule has 2 aliphatic carbocycles. The number of benzene rings is 1. The minimum Gasteiger partial charge on any atom is -0.493 e. The van der Waals surface area contributed by atoms with E-state index in [0.29, 0.717) is 11.8 Å². The van der Waals surface area contributed by atoms with Gasteiger partial charge in [0, 0.05) is 5.92 Å². The molecule has 0 atom stereocenters. The van der Waals surface area contributed by atoms with Gasteiger partial charge in [0.1, 0.15) is 5.75 Å². The number of ether oxygens (including phenoxy) is 1. The predicted octanol–water partition coefficient (Wildman–Crippen LogP) is 7.99. The van der Waals surface area contributed by atoms with Gasteiger partial charge in [0.25, 0.3) is 0 Å². The zero-order chi connectivity index (χ0) is 21.0. The first-order valence-corrected chi connectivity index (χ1v) is 12.7. The van der Waals surface area contributed by atoms with Crippen molar-refractivity contribution in [1.82, 2.24) is 0 Å². The molecule has 0 aliphatic heterocycles. The lowest BCUT2D eigenvalue weighted by Gasteiger charge is -2.25. The molecular formula is C29H42O. The second-order valence-electron chi connectivity index (χ2n) is 9.61. The zero-order valence-electron chi connectivity index (χ0n) is 19.4. The van der Waals surface area contributed by atoms with Crippen molar-refractivity contribution in [2.24, 2.45) is 23.7 Å². The molecule has 0 radical (unpaired) electrons. The molecular weight excluding hydrogens is 364 g/mol. The highest BCUT2D eigenvalue weighted by atomic mass is 16.5. The third-order valence-electron chi connectivity index (χ3n) is 7.28. The van der Waals surface area contributed by atoms with Gasteiger partial charge in [0.15, 0.2) is 0 Å². The van der Waals surface area contributed by atoms with Crippen molar-refractivity contribution in [3.63, 3.8) is 0 Å². The summed E-state index contributed by atoms with van der Waals surface area (Å²) < 4.78 is 6.07. The van der Waals surface area contributed by atoms with Gasteiger partial charge < -0.3 is 4.74 Å². The van der Waals surface area contributed by atoms with Gasteiger partial charge >= 0.3 is 0 Å². The van der Waals surface area contributed by atoms with E-state index in [4.69, 9.17) is 4.74 Å². The quantitative estimate of drug-likeness (QED) is 0.397. The van der Waals surface area contributed by atoms with Crippen LogP contribution in [0.1, 0.15) is 90.0 Å². The Labute approximate surface area is 185 Å². The molecule has 1 heteroatoms. The third kappa shape index (κ3) is 7.86. The highest BCUT2D eigenvalue weighted by molar-refractivity contribution is 5.27. The van der Waals surface area contributed by atoms with E-state index < -0.39 is 0 Å². The molecule has 0 aromatic heterocycles. The standard InChI is InChI=1S/C29H42O/c1-3-5-8-25-19-21-29(22-20-25)30-23-28-17-15-27(16-18-28)10-7-6-9-26-13-11-24(4-2)12-14-26/h6,9,19-22,24,26-28H,3-5,8,11-18,23H2,1-2H3/b9-6+/t24-,26-,27-,28-. The molecule has 2 fully saturated rings. The second kappa shape index (κ2) is 12.9. The molecule has 0 N–H and O–H groups in total. The fraction of sp³-hybridized carbons (Fsp3) is 0.655. The van der Waals surface area contributed by atoms with Crippen LogP contribution in [-0.4, -0.2) is 6.61 Å².